The molecular weight excluding hydrogens is 709 g/mol. The second-order valence-electron chi connectivity index (χ2n) is 17.0. The highest BCUT2D eigenvalue weighted by Gasteiger charge is 2.40. The highest BCUT2D eigenvalue weighted by atomic mass is 14.4. The van der Waals surface area contributed by atoms with Crippen LogP contribution in [0.5, 0.6) is 0 Å². The Bertz CT molecular complexity index is 3510. The molecule has 0 heteroatoms. The summed E-state index contributed by atoms with van der Waals surface area (Å²) in [5.41, 5.74) is 18.4. The molecular formula is C59H38. The van der Waals surface area contributed by atoms with Gasteiger partial charge in [-0.15, -0.1) is 0 Å². The zero-order valence-electron chi connectivity index (χ0n) is 33.0. The molecule has 0 radical (unpaired) electrons. The normalized spacial score (nSPS) is 13.4. The molecule has 0 saturated carbocycles. The molecule has 0 aromatic heterocycles. The van der Waals surface area contributed by atoms with Gasteiger partial charge in [-0.1, -0.05) is 202 Å². The van der Waals surface area contributed by atoms with E-state index in [0.29, 0.717) is 0 Å². The summed E-state index contributed by atoms with van der Waals surface area (Å²) < 4.78 is 0. The topological polar surface area (TPSA) is 0 Å². The lowest BCUT2D eigenvalue weighted by molar-refractivity contribution is 0.672. The first-order chi connectivity index (χ1) is 29.1. The van der Waals surface area contributed by atoms with E-state index in [4.69, 9.17) is 0 Å². The van der Waals surface area contributed by atoms with Gasteiger partial charge in [0.1, 0.15) is 0 Å². The van der Waals surface area contributed by atoms with E-state index in [1.54, 1.807) is 0 Å². The number of hydrogen-bond donors (Lipinski definition) is 0. The van der Waals surface area contributed by atoms with E-state index in [9.17, 15) is 0 Å². The van der Waals surface area contributed by atoms with Gasteiger partial charge >= 0.3 is 0 Å². The Labute approximate surface area is 343 Å². The van der Waals surface area contributed by atoms with E-state index in [2.05, 4.69) is 208 Å². The van der Waals surface area contributed by atoms with Crippen LogP contribution in [0.15, 0.2) is 194 Å². The quantitative estimate of drug-likeness (QED) is 0.158. The zero-order valence-corrected chi connectivity index (χ0v) is 33.0. The second kappa shape index (κ2) is 11.9. The van der Waals surface area contributed by atoms with Crippen molar-refractivity contribution in [1.82, 2.24) is 0 Å². The molecule has 59 heavy (non-hydrogen) atoms. The maximum absolute atomic E-state index is 2.55. The number of benzene rings is 11. The van der Waals surface area contributed by atoms with Gasteiger partial charge in [-0.25, -0.2) is 0 Å². The summed E-state index contributed by atoms with van der Waals surface area (Å²) in [5.74, 6) is 0. The van der Waals surface area contributed by atoms with Gasteiger partial charge < -0.3 is 0 Å². The van der Waals surface area contributed by atoms with Crippen LogP contribution in [0.2, 0.25) is 0 Å². The van der Waals surface area contributed by atoms with E-state index in [1.807, 2.05) is 0 Å². The summed E-state index contributed by atoms with van der Waals surface area (Å²) in [6.45, 7) is 4.89. The van der Waals surface area contributed by atoms with Gasteiger partial charge in [0.25, 0.3) is 0 Å². The third-order valence-corrected chi connectivity index (χ3v) is 13.7. The van der Waals surface area contributed by atoms with Crippen LogP contribution < -0.4 is 0 Å². The lowest BCUT2D eigenvalue weighted by atomic mass is 9.77. The van der Waals surface area contributed by atoms with Gasteiger partial charge in [0, 0.05) is 5.41 Å². The van der Waals surface area contributed by atoms with Crippen molar-refractivity contribution in [1.29, 1.82) is 0 Å². The smallest absolute Gasteiger partial charge is 0.0171 e. The molecule has 13 rings (SSSR count). The van der Waals surface area contributed by atoms with E-state index in [-0.39, 0.29) is 5.41 Å². The predicted molar refractivity (Wildman–Crippen MR) is 252 cm³/mol. The Morgan fingerprint density at radius 1 is 0.254 bits per heavy atom. The van der Waals surface area contributed by atoms with Crippen LogP contribution in [0.4, 0.5) is 0 Å². The van der Waals surface area contributed by atoms with Crippen LogP contribution >= 0.6 is 0 Å². The Kier molecular flexibility index (Phi) is 6.60. The fourth-order valence-corrected chi connectivity index (χ4v) is 11.5. The molecule has 0 unspecified atom stereocenters. The third-order valence-electron chi connectivity index (χ3n) is 13.7. The van der Waals surface area contributed by atoms with Gasteiger partial charge in [-0.3, -0.25) is 0 Å². The highest BCUT2D eigenvalue weighted by molar-refractivity contribution is 6.29. The molecule has 11 aromatic rings. The first-order valence-corrected chi connectivity index (χ1v) is 20.9. The van der Waals surface area contributed by atoms with Gasteiger partial charge in [0.2, 0.25) is 0 Å². The van der Waals surface area contributed by atoms with Crippen molar-refractivity contribution < 1.29 is 0 Å². The van der Waals surface area contributed by atoms with Crippen LogP contribution in [0.1, 0.15) is 25.0 Å². The number of rotatable bonds is 3. The number of hydrogen-bond acceptors (Lipinski definition) is 0. The SMILES string of the molecule is CC1(C)c2c(cc(-c3ccc4c5c(cccc35)-c3c-4c(-c4ccccc4)c4ccccc4c3-c3ccccc3)c3ccccc23)-c2c1c1ccccc1c1ccccc21. The molecule has 2 aliphatic rings. The largest absolute Gasteiger partial charge is 0.0622 e. The van der Waals surface area contributed by atoms with Crippen LogP contribution in [-0.4, -0.2) is 0 Å². The van der Waals surface area contributed by atoms with E-state index in [1.165, 1.54) is 132 Å². The lowest BCUT2D eigenvalue weighted by Gasteiger charge is -2.25. The molecule has 0 bridgehead atoms. The number of fused-ring (bicyclic) bond motifs is 14. The van der Waals surface area contributed by atoms with E-state index < -0.39 is 0 Å². The Morgan fingerprint density at radius 3 is 1.27 bits per heavy atom. The minimum atomic E-state index is -0.195. The van der Waals surface area contributed by atoms with Crippen molar-refractivity contribution in [3.05, 3.63) is 205 Å². The molecule has 274 valence electrons. The molecule has 0 saturated heterocycles. The van der Waals surface area contributed by atoms with Gasteiger partial charge in [-0.05, 0) is 138 Å². The molecule has 0 N–H and O–H groups in total. The summed E-state index contributed by atoms with van der Waals surface area (Å²) >= 11 is 0. The molecule has 2 aliphatic carbocycles. The maximum Gasteiger partial charge on any atom is 0.0171 e. The summed E-state index contributed by atoms with van der Waals surface area (Å²) in [5, 5.41) is 13.2. The fraction of sp³-hybridized carbons (Fsp3) is 0.0508. The van der Waals surface area contributed by atoms with Crippen molar-refractivity contribution in [2.24, 2.45) is 0 Å². The average Bonchev–Trinajstić information content (AvgIpc) is 3.75. The summed E-state index contributed by atoms with van der Waals surface area (Å²) in [6.07, 6.45) is 0. The Balaban J connectivity index is 1.16. The van der Waals surface area contributed by atoms with Gasteiger partial charge in [0.05, 0.1) is 0 Å². The standard InChI is InChI=1S/C59H38/c1-59(2)57-45-28-15-11-24-39(45)49(34-50(57)54-42-25-12-9-22-37(42)38-23-10-16-29-46(38)58(54)59)40-32-33-48-53-41(40)30-17-31-47(53)55-51(35-18-5-3-6-19-35)43-26-13-14-27-44(43)52(56(48)55)36-20-7-4-8-21-36/h3-34H,1-2H3. The van der Waals surface area contributed by atoms with Gasteiger partial charge in [0.15, 0.2) is 0 Å². The monoisotopic (exact) mass is 746 g/mol. The first kappa shape index (κ1) is 32.8. The average molecular weight is 747 g/mol. The van der Waals surface area contributed by atoms with Crippen molar-refractivity contribution in [3.63, 3.8) is 0 Å². The third kappa shape index (κ3) is 4.28. The molecule has 11 aromatic carbocycles. The van der Waals surface area contributed by atoms with Crippen LogP contribution in [0.25, 0.3) is 121 Å². The van der Waals surface area contributed by atoms with Crippen LogP contribution in [-0.2, 0) is 5.41 Å². The minimum absolute atomic E-state index is 0.195. The second-order valence-corrected chi connectivity index (χ2v) is 17.0. The summed E-state index contributed by atoms with van der Waals surface area (Å²) in [4.78, 5) is 0. The van der Waals surface area contributed by atoms with E-state index >= 15 is 0 Å². The highest BCUT2D eigenvalue weighted by Crippen LogP contribution is 2.61. The van der Waals surface area contributed by atoms with Crippen molar-refractivity contribution in [2.45, 2.75) is 19.3 Å². The molecule has 0 amide bonds. The molecule has 0 fully saturated rings. The molecule has 0 spiro atoms. The minimum Gasteiger partial charge on any atom is -0.0622 e. The maximum atomic E-state index is 2.55. The van der Waals surface area contributed by atoms with Crippen molar-refractivity contribution in [3.8, 4) is 66.8 Å². The molecule has 0 nitrogen and oxygen atoms in total. The van der Waals surface area contributed by atoms with E-state index in [0.717, 1.165) is 0 Å². The van der Waals surface area contributed by atoms with Crippen molar-refractivity contribution in [2.75, 3.05) is 0 Å². The molecule has 0 heterocycles. The lowest BCUT2D eigenvalue weighted by Crippen LogP contribution is -2.16. The van der Waals surface area contributed by atoms with Gasteiger partial charge in [-0.2, -0.15) is 0 Å². The molecule has 0 atom stereocenters. The Hall–Kier alpha value is -7.28. The zero-order chi connectivity index (χ0) is 39.0. The van der Waals surface area contributed by atoms with Crippen molar-refractivity contribution >= 4 is 53.9 Å². The predicted octanol–water partition coefficient (Wildman–Crippen LogP) is 16.4. The summed E-state index contributed by atoms with van der Waals surface area (Å²) in [6, 6.07) is 72.8. The first-order valence-electron chi connectivity index (χ1n) is 20.9. The Morgan fingerprint density at radius 2 is 0.678 bits per heavy atom. The summed E-state index contributed by atoms with van der Waals surface area (Å²) in [7, 11) is 0. The van der Waals surface area contributed by atoms with Crippen LogP contribution in [0.3, 0.4) is 0 Å². The fourth-order valence-electron chi connectivity index (χ4n) is 11.5. The van der Waals surface area contributed by atoms with Crippen LogP contribution in [0, 0.1) is 0 Å². The molecule has 0 aliphatic heterocycles.